The summed E-state index contributed by atoms with van der Waals surface area (Å²) in [5, 5.41) is 0. The summed E-state index contributed by atoms with van der Waals surface area (Å²) in [5.41, 5.74) is 0. The molecule has 6 heteroatoms. The van der Waals surface area contributed by atoms with Gasteiger partial charge in [0.1, 0.15) is 13.2 Å². The molecule has 0 fully saturated rings. The third-order valence-electron chi connectivity index (χ3n) is 13.3. The van der Waals surface area contributed by atoms with Gasteiger partial charge in [-0.3, -0.25) is 14.4 Å². The summed E-state index contributed by atoms with van der Waals surface area (Å²) in [5.74, 6) is -0.945. The van der Waals surface area contributed by atoms with Gasteiger partial charge in [0.05, 0.1) is 0 Å². The molecular weight excluding hydrogens is 913 g/mol. The maximum Gasteiger partial charge on any atom is 0.306 e. The first-order valence-electron chi connectivity index (χ1n) is 31.2. The Morgan fingerprint density at radius 3 is 0.892 bits per heavy atom. The molecule has 6 nitrogen and oxygen atoms in total. The Morgan fingerprint density at radius 2 is 0.541 bits per heavy atom. The zero-order valence-corrected chi connectivity index (χ0v) is 48.6. The molecule has 0 aliphatic carbocycles. The van der Waals surface area contributed by atoms with Gasteiger partial charge < -0.3 is 14.2 Å². The lowest BCUT2D eigenvalue weighted by atomic mass is 10.0. The number of carbonyl (C=O) groups is 3. The molecule has 0 saturated carbocycles. The fourth-order valence-electron chi connectivity index (χ4n) is 8.64. The van der Waals surface area contributed by atoms with Crippen molar-refractivity contribution in [1.82, 2.24) is 0 Å². The van der Waals surface area contributed by atoms with Crippen LogP contribution in [-0.2, 0) is 28.6 Å². The standard InChI is InChI=1S/C68H116O6/c1-4-7-10-13-16-19-22-25-28-30-32-34-36-38-40-43-46-49-52-55-58-61-67(70)73-64-65(63-72-66(69)60-57-54-51-48-45-42-27-24-21-18-15-12-9-6-3)74-68(71)62-59-56-53-50-47-44-41-39-37-35-33-31-29-26-23-20-17-14-11-8-5-2/h7,10,15-16,18-19,24-25,27-28,32,34,38,40,46,49,65H,4-6,8-9,11-14,17,20-23,26,29-31,33,35-37,39,41-45,47-48,50-64H2,1-3H3/b10-7-,18-15-,19-16-,27-24-,28-25-,34-32-,40-38-,49-46-. The summed E-state index contributed by atoms with van der Waals surface area (Å²) in [6.45, 7) is 6.47. The highest BCUT2D eigenvalue weighted by Gasteiger charge is 2.19. The van der Waals surface area contributed by atoms with Gasteiger partial charge in [-0.25, -0.2) is 0 Å². The maximum absolute atomic E-state index is 12.9. The van der Waals surface area contributed by atoms with Crippen LogP contribution in [0.3, 0.4) is 0 Å². The van der Waals surface area contributed by atoms with E-state index in [0.717, 1.165) is 122 Å². The van der Waals surface area contributed by atoms with Crippen molar-refractivity contribution in [2.45, 2.75) is 303 Å². The van der Waals surface area contributed by atoms with Crippen LogP contribution in [0, 0.1) is 0 Å². The molecule has 424 valence electrons. The summed E-state index contributed by atoms with van der Waals surface area (Å²) in [6.07, 6.45) is 82.7. The quantitative estimate of drug-likeness (QED) is 0.0261. The minimum Gasteiger partial charge on any atom is -0.462 e. The van der Waals surface area contributed by atoms with Crippen molar-refractivity contribution < 1.29 is 28.6 Å². The number of hydrogen-bond acceptors (Lipinski definition) is 6. The van der Waals surface area contributed by atoms with Crippen molar-refractivity contribution in [2.75, 3.05) is 13.2 Å². The molecule has 0 N–H and O–H groups in total. The van der Waals surface area contributed by atoms with Crippen LogP contribution < -0.4 is 0 Å². The second kappa shape index (κ2) is 61.9. The number of rotatable bonds is 56. The largest absolute Gasteiger partial charge is 0.462 e. The van der Waals surface area contributed by atoms with Crippen LogP contribution in [-0.4, -0.2) is 37.2 Å². The second-order valence-corrected chi connectivity index (χ2v) is 20.6. The molecular formula is C68H116O6. The van der Waals surface area contributed by atoms with Gasteiger partial charge in [0, 0.05) is 19.3 Å². The highest BCUT2D eigenvalue weighted by molar-refractivity contribution is 5.71. The zero-order chi connectivity index (χ0) is 53.6. The first-order valence-corrected chi connectivity index (χ1v) is 31.2. The molecule has 0 rings (SSSR count). The number of ether oxygens (including phenoxy) is 3. The van der Waals surface area contributed by atoms with Crippen LogP contribution in [0.1, 0.15) is 297 Å². The van der Waals surface area contributed by atoms with Gasteiger partial charge in [0.25, 0.3) is 0 Å². The maximum atomic E-state index is 12.9. The molecule has 0 amide bonds. The van der Waals surface area contributed by atoms with E-state index in [1.54, 1.807) is 0 Å². The molecule has 0 aromatic heterocycles. The Hall–Kier alpha value is -3.67. The van der Waals surface area contributed by atoms with Crippen LogP contribution in [0.4, 0.5) is 0 Å². The van der Waals surface area contributed by atoms with E-state index in [9.17, 15) is 14.4 Å². The fraction of sp³-hybridized carbons (Fsp3) is 0.721. The average molecular weight is 1030 g/mol. The van der Waals surface area contributed by atoms with Gasteiger partial charge in [0.2, 0.25) is 0 Å². The minimum absolute atomic E-state index is 0.0972. The highest BCUT2D eigenvalue weighted by Crippen LogP contribution is 2.16. The SMILES string of the molecule is CC/C=C\C/C=C\C/C=C\C/C=C\C/C=C\C/C=C\CCCCC(=O)OCC(COC(=O)CCCCCCC/C=C\C/C=C\CCCC)OC(=O)CCCCCCCCCCCCCCCCCCCCCCC. The molecule has 0 saturated heterocycles. The normalized spacial score (nSPS) is 12.7. The van der Waals surface area contributed by atoms with E-state index in [-0.39, 0.29) is 31.1 Å². The molecule has 0 aromatic rings. The number of unbranched alkanes of at least 4 members (excludes halogenated alkanes) is 29. The minimum atomic E-state index is -0.802. The van der Waals surface area contributed by atoms with Crippen molar-refractivity contribution >= 4 is 17.9 Å². The lowest BCUT2D eigenvalue weighted by Gasteiger charge is -2.18. The molecule has 0 heterocycles. The highest BCUT2D eigenvalue weighted by atomic mass is 16.6. The molecule has 0 aliphatic heterocycles. The van der Waals surface area contributed by atoms with Gasteiger partial charge in [-0.05, 0) is 96.3 Å². The molecule has 1 unspecified atom stereocenters. The van der Waals surface area contributed by atoms with Crippen molar-refractivity contribution in [3.8, 4) is 0 Å². The summed E-state index contributed by atoms with van der Waals surface area (Å²) in [7, 11) is 0. The van der Waals surface area contributed by atoms with Crippen molar-refractivity contribution in [3.05, 3.63) is 97.2 Å². The van der Waals surface area contributed by atoms with Gasteiger partial charge in [-0.15, -0.1) is 0 Å². The van der Waals surface area contributed by atoms with Crippen LogP contribution in [0.5, 0.6) is 0 Å². The fourth-order valence-corrected chi connectivity index (χ4v) is 8.64. The Bertz CT molecular complexity index is 1460. The van der Waals surface area contributed by atoms with E-state index in [2.05, 4.69) is 118 Å². The predicted octanol–water partition coefficient (Wildman–Crippen LogP) is 21.3. The van der Waals surface area contributed by atoms with E-state index in [1.165, 1.54) is 135 Å². The summed E-state index contributed by atoms with van der Waals surface area (Å²) >= 11 is 0. The molecule has 1 atom stereocenters. The number of carbonyl (C=O) groups excluding carboxylic acids is 3. The molecule has 0 bridgehead atoms. The van der Waals surface area contributed by atoms with Crippen molar-refractivity contribution in [1.29, 1.82) is 0 Å². The number of hydrogen-bond donors (Lipinski definition) is 0. The van der Waals surface area contributed by atoms with E-state index in [4.69, 9.17) is 14.2 Å². The Labute approximate surface area is 457 Å². The van der Waals surface area contributed by atoms with Crippen LogP contribution in [0.2, 0.25) is 0 Å². The summed E-state index contributed by atoms with van der Waals surface area (Å²) in [6, 6.07) is 0. The predicted molar refractivity (Wildman–Crippen MR) is 320 cm³/mol. The molecule has 74 heavy (non-hydrogen) atoms. The molecule has 0 radical (unpaired) electrons. The first-order chi connectivity index (χ1) is 36.5. The summed E-state index contributed by atoms with van der Waals surface area (Å²) < 4.78 is 16.9. The third kappa shape index (κ3) is 59.2. The van der Waals surface area contributed by atoms with Crippen molar-refractivity contribution in [3.63, 3.8) is 0 Å². The molecule has 0 aromatic carbocycles. The zero-order valence-electron chi connectivity index (χ0n) is 48.6. The van der Waals surface area contributed by atoms with Crippen LogP contribution in [0.25, 0.3) is 0 Å². The summed E-state index contributed by atoms with van der Waals surface area (Å²) in [4.78, 5) is 38.3. The molecule has 0 aliphatic rings. The van der Waals surface area contributed by atoms with Gasteiger partial charge in [0.15, 0.2) is 6.10 Å². The first kappa shape index (κ1) is 70.3. The van der Waals surface area contributed by atoms with Gasteiger partial charge in [-0.1, -0.05) is 279 Å². The van der Waals surface area contributed by atoms with Crippen LogP contribution >= 0.6 is 0 Å². The number of allylic oxidation sites excluding steroid dienone is 16. The number of esters is 3. The topological polar surface area (TPSA) is 78.9 Å². The van der Waals surface area contributed by atoms with E-state index in [1.807, 2.05) is 0 Å². The Balaban J connectivity index is 4.43. The third-order valence-corrected chi connectivity index (χ3v) is 13.3. The van der Waals surface area contributed by atoms with Crippen molar-refractivity contribution in [2.24, 2.45) is 0 Å². The van der Waals surface area contributed by atoms with Gasteiger partial charge in [-0.2, -0.15) is 0 Å². The Morgan fingerprint density at radius 1 is 0.284 bits per heavy atom. The molecule has 0 spiro atoms. The average Bonchev–Trinajstić information content (AvgIpc) is 3.40. The monoisotopic (exact) mass is 1030 g/mol. The van der Waals surface area contributed by atoms with Gasteiger partial charge >= 0.3 is 17.9 Å². The Kier molecular flexibility index (Phi) is 58.8. The smallest absolute Gasteiger partial charge is 0.306 e. The lowest BCUT2D eigenvalue weighted by Crippen LogP contribution is -2.30. The van der Waals surface area contributed by atoms with E-state index in [0.29, 0.717) is 19.3 Å². The lowest BCUT2D eigenvalue weighted by molar-refractivity contribution is -0.167. The second-order valence-electron chi connectivity index (χ2n) is 20.6. The van der Waals surface area contributed by atoms with E-state index < -0.39 is 6.10 Å². The van der Waals surface area contributed by atoms with E-state index >= 15 is 0 Å². The van der Waals surface area contributed by atoms with Crippen LogP contribution in [0.15, 0.2) is 97.2 Å².